The van der Waals surface area contributed by atoms with Gasteiger partial charge in [0.1, 0.15) is 17.9 Å². The highest BCUT2D eigenvalue weighted by Gasteiger charge is 2.25. The Labute approximate surface area is 116 Å². The van der Waals surface area contributed by atoms with E-state index in [0.717, 1.165) is 0 Å². The SMILES string of the molecule is CC(C)(NCCOc1ccc(Cl)cc1Cl)C(=O)O. The molecule has 6 heteroatoms. The summed E-state index contributed by atoms with van der Waals surface area (Å²) in [6.07, 6.45) is 0. The van der Waals surface area contributed by atoms with Crippen LogP contribution in [0.3, 0.4) is 0 Å². The summed E-state index contributed by atoms with van der Waals surface area (Å²) in [5.74, 6) is -0.386. The van der Waals surface area contributed by atoms with Crippen molar-refractivity contribution in [3.63, 3.8) is 0 Å². The fourth-order valence-electron chi connectivity index (χ4n) is 1.19. The summed E-state index contributed by atoms with van der Waals surface area (Å²) >= 11 is 11.7. The molecule has 0 aromatic heterocycles. The Morgan fingerprint density at radius 3 is 2.67 bits per heavy atom. The number of hydrogen-bond donors (Lipinski definition) is 2. The van der Waals surface area contributed by atoms with Crippen molar-refractivity contribution in [3.8, 4) is 5.75 Å². The molecule has 4 nitrogen and oxygen atoms in total. The summed E-state index contributed by atoms with van der Waals surface area (Å²) in [7, 11) is 0. The number of ether oxygens (including phenoxy) is 1. The predicted molar refractivity (Wildman–Crippen MR) is 71.7 cm³/mol. The second-order valence-corrected chi connectivity index (χ2v) is 5.12. The van der Waals surface area contributed by atoms with E-state index in [4.69, 9.17) is 33.0 Å². The van der Waals surface area contributed by atoms with Crippen LogP contribution in [0.5, 0.6) is 5.75 Å². The average Bonchev–Trinajstić information content (AvgIpc) is 2.26. The molecule has 100 valence electrons. The molecule has 0 radical (unpaired) electrons. The molecule has 0 saturated carbocycles. The Kier molecular flexibility index (Phi) is 5.26. The van der Waals surface area contributed by atoms with Crippen LogP contribution in [-0.4, -0.2) is 29.8 Å². The molecule has 0 aliphatic heterocycles. The smallest absolute Gasteiger partial charge is 0.323 e. The molecule has 0 bridgehead atoms. The van der Waals surface area contributed by atoms with Gasteiger partial charge in [0.2, 0.25) is 0 Å². The van der Waals surface area contributed by atoms with Gasteiger partial charge < -0.3 is 9.84 Å². The van der Waals surface area contributed by atoms with Crippen molar-refractivity contribution in [3.05, 3.63) is 28.2 Å². The summed E-state index contributed by atoms with van der Waals surface area (Å²) in [5.41, 5.74) is -0.979. The van der Waals surface area contributed by atoms with E-state index in [-0.39, 0.29) is 0 Å². The summed E-state index contributed by atoms with van der Waals surface area (Å²) in [4.78, 5) is 10.8. The van der Waals surface area contributed by atoms with Crippen molar-refractivity contribution in [1.29, 1.82) is 0 Å². The maximum absolute atomic E-state index is 10.8. The number of carbonyl (C=O) groups is 1. The van der Waals surface area contributed by atoms with Gasteiger partial charge in [0.15, 0.2) is 0 Å². The van der Waals surface area contributed by atoms with Crippen LogP contribution in [0.1, 0.15) is 13.8 Å². The molecule has 0 fully saturated rings. The van der Waals surface area contributed by atoms with Gasteiger partial charge in [0.05, 0.1) is 5.02 Å². The van der Waals surface area contributed by atoms with Gasteiger partial charge in [-0.05, 0) is 32.0 Å². The summed E-state index contributed by atoms with van der Waals surface area (Å²) in [6, 6.07) is 4.94. The number of halogens is 2. The summed E-state index contributed by atoms with van der Waals surface area (Å²) in [6.45, 7) is 3.89. The number of carboxylic acids is 1. The zero-order chi connectivity index (χ0) is 13.8. The fraction of sp³-hybridized carbons (Fsp3) is 0.417. The number of hydrogen-bond acceptors (Lipinski definition) is 3. The molecule has 0 amide bonds. The predicted octanol–water partition coefficient (Wildman–Crippen LogP) is 2.83. The average molecular weight is 292 g/mol. The highest BCUT2D eigenvalue weighted by molar-refractivity contribution is 6.35. The number of aliphatic carboxylic acids is 1. The Bertz CT molecular complexity index is 435. The Hall–Kier alpha value is -0.970. The second kappa shape index (κ2) is 6.27. The van der Waals surface area contributed by atoms with Gasteiger partial charge in [-0.15, -0.1) is 0 Å². The molecular formula is C12H15Cl2NO3. The van der Waals surface area contributed by atoms with Crippen LogP contribution >= 0.6 is 23.2 Å². The molecule has 0 atom stereocenters. The van der Waals surface area contributed by atoms with E-state index in [1.54, 1.807) is 32.0 Å². The van der Waals surface area contributed by atoms with Crippen molar-refractivity contribution in [2.45, 2.75) is 19.4 Å². The number of rotatable bonds is 6. The van der Waals surface area contributed by atoms with Gasteiger partial charge in [0.25, 0.3) is 0 Å². The van der Waals surface area contributed by atoms with E-state index in [2.05, 4.69) is 5.32 Å². The lowest BCUT2D eigenvalue weighted by molar-refractivity contribution is -0.143. The van der Waals surface area contributed by atoms with Crippen LogP contribution in [-0.2, 0) is 4.79 Å². The van der Waals surface area contributed by atoms with Crippen molar-refractivity contribution < 1.29 is 14.6 Å². The van der Waals surface area contributed by atoms with Gasteiger partial charge in [-0.1, -0.05) is 23.2 Å². The molecule has 1 aromatic carbocycles. The minimum absolute atomic E-state index is 0.318. The number of benzene rings is 1. The standard InChI is InChI=1S/C12H15Cl2NO3/c1-12(2,11(16)17)15-5-6-18-10-4-3-8(13)7-9(10)14/h3-4,7,15H,5-6H2,1-2H3,(H,16,17). The lowest BCUT2D eigenvalue weighted by Gasteiger charge is -2.21. The zero-order valence-electron chi connectivity index (χ0n) is 10.2. The molecular weight excluding hydrogens is 277 g/mol. The van der Waals surface area contributed by atoms with Gasteiger partial charge in [-0.3, -0.25) is 10.1 Å². The highest BCUT2D eigenvalue weighted by atomic mass is 35.5. The molecule has 0 unspecified atom stereocenters. The first-order valence-corrected chi connectivity index (χ1v) is 6.15. The van der Waals surface area contributed by atoms with Gasteiger partial charge in [-0.2, -0.15) is 0 Å². The maximum Gasteiger partial charge on any atom is 0.323 e. The van der Waals surface area contributed by atoms with Crippen molar-refractivity contribution in [2.24, 2.45) is 0 Å². The minimum Gasteiger partial charge on any atom is -0.491 e. The van der Waals surface area contributed by atoms with E-state index in [1.807, 2.05) is 0 Å². The summed E-state index contributed by atoms with van der Waals surface area (Å²) in [5, 5.41) is 12.7. The Morgan fingerprint density at radius 2 is 2.11 bits per heavy atom. The van der Waals surface area contributed by atoms with Crippen molar-refractivity contribution >= 4 is 29.2 Å². The molecule has 0 heterocycles. The number of carboxylic acid groups (broad SMARTS) is 1. The molecule has 0 aliphatic carbocycles. The molecule has 0 aliphatic rings. The molecule has 1 aromatic rings. The maximum atomic E-state index is 10.8. The Morgan fingerprint density at radius 1 is 1.44 bits per heavy atom. The lowest BCUT2D eigenvalue weighted by Crippen LogP contribution is -2.48. The largest absolute Gasteiger partial charge is 0.491 e. The van der Waals surface area contributed by atoms with Crippen LogP contribution in [0.4, 0.5) is 0 Å². The molecule has 1 rings (SSSR count). The Balaban J connectivity index is 2.41. The first-order valence-electron chi connectivity index (χ1n) is 5.39. The third kappa shape index (κ3) is 4.37. The lowest BCUT2D eigenvalue weighted by atomic mass is 10.1. The highest BCUT2D eigenvalue weighted by Crippen LogP contribution is 2.27. The first-order chi connectivity index (χ1) is 8.33. The van der Waals surface area contributed by atoms with E-state index in [1.165, 1.54) is 0 Å². The summed E-state index contributed by atoms with van der Waals surface area (Å²) < 4.78 is 5.42. The van der Waals surface area contributed by atoms with Crippen molar-refractivity contribution in [1.82, 2.24) is 5.32 Å². The molecule has 18 heavy (non-hydrogen) atoms. The van der Waals surface area contributed by atoms with Gasteiger partial charge >= 0.3 is 5.97 Å². The van der Waals surface area contributed by atoms with Crippen LogP contribution in [0.25, 0.3) is 0 Å². The third-order valence-electron chi connectivity index (χ3n) is 2.36. The molecule has 0 saturated heterocycles. The van der Waals surface area contributed by atoms with E-state index >= 15 is 0 Å². The van der Waals surface area contributed by atoms with Crippen LogP contribution in [0.2, 0.25) is 10.0 Å². The number of nitrogens with one attached hydrogen (secondary N) is 1. The topological polar surface area (TPSA) is 58.6 Å². The van der Waals surface area contributed by atoms with Crippen LogP contribution in [0, 0.1) is 0 Å². The van der Waals surface area contributed by atoms with Gasteiger partial charge in [0, 0.05) is 11.6 Å². The minimum atomic E-state index is -0.979. The van der Waals surface area contributed by atoms with Gasteiger partial charge in [-0.25, -0.2) is 0 Å². The van der Waals surface area contributed by atoms with E-state index in [9.17, 15) is 4.79 Å². The third-order valence-corrected chi connectivity index (χ3v) is 2.89. The van der Waals surface area contributed by atoms with E-state index < -0.39 is 11.5 Å². The monoisotopic (exact) mass is 291 g/mol. The quantitative estimate of drug-likeness (QED) is 0.792. The molecule has 2 N–H and O–H groups in total. The zero-order valence-corrected chi connectivity index (χ0v) is 11.7. The van der Waals surface area contributed by atoms with E-state index in [0.29, 0.717) is 28.9 Å². The first kappa shape index (κ1) is 15.1. The fourth-order valence-corrected chi connectivity index (χ4v) is 1.66. The van der Waals surface area contributed by atoms with Crippen LogP contribution in [0.15, 0.2) is 18.2 Å². The van der Waals surface area contributed by atoms with Crippen LogP contribution < -0.4 is 10.1 Å². The van der Waals surface area contributed by atoms with Crippen molar-refractivity contribution in [2.75, 3.05) is 13.2 Å². The normalized spacial score (nSPS) is 11.3. The molecule has 0 spiro atoms. The second-order valence-electron chi connectivity index (χ2n) is 4.28.